The number of urea groups is 1. The minimum atomic E-state index is -0.196. The molecule has 0 aliphatic rings. The summed E-state index contributed by atoms with van der Waals surface area (Å²) in [6.45, 7) is 8.52. The molecule has 2 amide bonds. The van der Waals surface area contributed by atoms with Crippen molar-refractivity contribution in [2.24, 2.45) is 0 Å². The molecule has 0 aliphatic heterocycles. The van der Waals surface area contributed by atoms with Gasteiger partial charge in [0.15, 0.2) is 0 Å². The van der Waals surface area contributed by atoms with Crippen LogP contribution >= 0.6 is 11.3 Å². The van der Waals surface area contributed by atoms with Crippen LogP contribution in [-0.4, -0.2) is 11.0 Å². The summed E-state index contributed by atoms with van der Waals surface area (Å²) in [4.78, 5) is 17.3. The van der Waals surface area contributed by atoms with Crippen LogP contribution in [0.2, 0.25) is 0 Å². The molecule has 2 rings (SSSR count). The first kappa shape index (κ1) is 14.5. The monoisotopic (exact) mass is 289 g/mol. The number of carbonyl (C=O) groups is 1. The number of aromatic nitrogens is 1. The topological polar surface area (TPSA) is 54.0 Å². The summed E-state index contributed by atoms with van der Waals surface area (Å²) in [5.74, 6) is 0. The van der Waals surface area contributed by atoms with Crippen LogP contribution in [0.15, 0.2) is 18.2 Å². The molecule has 0 saturated carbocycles. The third kappa shape index (κ3) is 3.57. The molecule has 106 valence electrons. The normalized spacial score (nSPS) is 10.4. The largest absolute Gasteiger partial charge is 0.333 e. The Labute approximate surface area is 123 Å². The Morgan fingerprint density at radius 1 is 1.20 bits per heavy atom. The van der Waals surface area contributed by atoms with E-state index in [9.17, 15) is 4.79 Å². The van der Waals surface area contributed by atoms with Gasteiger partial charge >= 0.3 is 6.03 Å². The summed E-state index contributed by atoms with van der Waals surface area (Å²) in [6.07, 6.45) is 0. The van der Waals surface area contributed by atoms with Crippen molar-refractivity contribution in [1.29, 1.82) is 0 Å². The zero-order chi connectivity index (χ0) is 14.7. The number of benzene rings is 1. The van der Waals surface area contributed by atoms with Gasteiger partial charge in [-0.05, 0) is 51.0 Å². The number of anilines is 1. The van der Waals surface area contributed by atoms with Crippen LogP contribution in [0.1, 0.15) is 26.7 Å². The lowest BCUT2D eigenvalue weighted by Crippen LogP contribution is -2.28. The van der Waals surface area contributed by atoms with Crippen molar-refractivity contribution in [2.45, 2.75) is 34.2 Å². The van der Waals surface area contributed by atoms with Gasteiger partial charge in [-0.15, -0.1) is 11.3 Å². The zero-order valence-electron chi connectivity index (χ0n) is 12.2. The van der Waals surface area contributed by atoms with Crippen LogP contribution in [0.25, 0.3) is 0 Å². The number of nitrogens with one attached hydrogen (secondary N) is 2. The fourth-order valence-electron chi connectivity index (χ4n) is 1.89. The second-order valence-corrected chi connectivity index (χ2v) is 6.14. The maximum Gasteiger partial charge on any atom is 0.319 e. The third-order valence-corrected chi connectivity index (χ3v) is 4.25. The number of thiazole rings is 1. The van der Waals surface area contributed by atoms with Crippen LogP contribution in [0.3, 0.4) is 0 Å². The molecule has 0 radical (unpaired) electrons. The molecule has 4 nitrogen and oxygen atoms in total. The second-order valence-electron chi connectivity index (χ2n) is 4.85. The van der Waals surface area contributed by atoms with Gasteiger partial charge < -0.3 is 10.6 Å². The van der Waals surface area contributed by atoms with Gasteiger partial charge in [-0.2, -0.15) is 0 Å². The molecule has 0 atom stereocenters. The van der Waals surface area contributed by atoms with Crippen molar-refractivity contribution >= 4 is 23.1 Å². The van der Waals surface area contributed by atoms with E-state index in [1.165, 1.54) is 5.56 Å². The molecule has 0 aliphatic carbocycles. The predicted molar refractivity (Wildman–Crippen MR) is 83.4 cm³/mol. The maximum absolute atomic E-state index is 11.9. The molecule has 5 heteroatoms. The van der Waals surface area contributed by atoms with E-state index in [0.29, 0.717) is 6.54 Å². The van der Waals surface area contributed by atoms with Gasteiger partial charge in [0.1, 0.15) is 0 Å². The van der Waals surface area contributed by atoms with Crippen molar-refractivity contribution in [1.82, 2.24) is 10.3 Å². The predicted octanol–water partition coefficient (Wildman–Crippen LogP) is 3.70. The lowest BCUT2D eigenvalue weighted by atomic mass is 10.1. The minimum Gasteiger partial charge on any atom is -0.333 e. The molecule has 0 fully saturated rings. The average molecular weight is 289 g/mol. The Balaban J connectivity index is 1.92. The summed E-state index contributed by atoms with van der Waals surface area (Å²) in [5, 5.41) is 6.72. The van der Waals surface area contributed by atoms with Gasteiger partial charge in [-0.25, -0.2) is 9.78 Å². The average Bonchev–Trinajstić information content (AvgIpc) is 2.70. The Bertz CT molecular complexity index is 634. The number of amides is 2. The maximum atomic E-state index is 11.9. The first-order valence-electron chi connectivity index (χ1n) is 6.50. The second kappa shape index (κ2) is 6.05. The quantitative estimate of drug-likeness (QED) is 0.905. The highest BCUT2D eigenvalue weighted by molar-refractivity contribution is 7.11. The van der Waals surface area contributed by atoms with Crippen molar-refractivity contribution in [2.75, 3.05) is 5.32 Å². The Morgan fingerprint density at radius 2 is 1.95 bits per heavy atom. The zero-order valence-corrected chi connectivity index (χ0v) is 13.0. The van der Waals surface area contributed by atoms with Crippen LogP contribution in [0.5, 0.6) is 0 Å². The molecule has 1 aromatic carbocycles. The van der Waals surface area contributed by atoms with E-state index in [1.54, 1.807) is 11.3 Å². The smallest absolute Gasteiger partial charge is 0.319 e. The van der Waals surface area contributed by atoms with Crippen LogP contribution in [0.4, 0.5) is 10.5 Å². The van der Waals surface area contributed by atoms with Gasteiger partial charge in [0.05, 0.1) is 17.2 Å². The fraction of sp³-hybridized carbons (Fsp3) is 0.333. The molecule has 2 N–H and O–H groups in total. The summed E-state index contributed by atoms with van der Waals surface area (Å²) in [7, 11) is 0. The third-order valence-electron chi connectivity index (χ3n) is 3.17. The van der Waals surface area contributed by atoms with Gasteiger partial charge in [-0.3, -0.25) is 0 Å². The molecule has 20 heavy (non-hydrogen) atoms. The summed E-state index contributed by atoms with van der Waals surface area (Å²) in [5.41, 5.74) is 4.17. The van der Waals surface area contributed by atoms with E-state index in [4.69, 9.17) is 0 Å². The van der Waals surface area contributed by atoms with Crippen molar-refractivity contribution in [3.8, 4) is 0 Å². The SMILES string of the molecule is Cc1nc(C)c(CNC(=O)Nc2ccc(C)c(C)c2)s1. The summed E-state index contributed by atoms with van der Waals surface area (Å²) in [6, 6.07) is 5.68. The van der Waals surface area contributed by atoms with E-state index in [0.717, 1.165) is 26.8 Å². The fourth-order valence-corrected chi connectivity index (χ4v) is 2.77. The van der Waals surface area contributed by atoms with E-state index in [-0.39, 0.29) is 6.03 Å². The van der Waals surface area contributed by atoms with Gasteiger partial charge in [-0.1, -0.05) is 6.07 Å². The Kier molecular flexibility index (Phi) is 4.39. The number of carbonyl (C=O) groups excluding carboxylic acids is 1. The van der Waals surface area contributed by atoms with E-state index in [1.807, 2.05) is 45.9 Å². The Morgan fingerprint density at radius 3 is 2.55 bits per heavy atom. The number of rotatable bonds is 3. The molecular weight excluding hydrogens is 270 g/mol. The lowest BCUT2D eigenvalue weighted by Gasteiger charge is -2.08. The van der Waals surface area contributed by atoms with E-state index >= 15 is 0 Å². The highest BCUT2D eigenvalue weighted by Crippen LogP contribution is 2.17. The van der Waals surface area contributed by atoms with Crippen LogP contribution in [-0.2, 0) is 6.54 Å². The molecule has 0 unspecified atom stereocenters. The molecule has 1 heterocycles. The molecular formula is C15H19N3OS. The van der Waals surface area contributed by atoms with E-state index < -0.39 is 0 Å². The van der Waals surface area contributed by atoms with Crippen LogP contribution in [0, 0.1) is 27.7 Å². The van der Waals surface area contributed by atoms with Crippen molar-refractivity contribution in [3.05, 3.63) is 44.9 Å². The van der Waals surface area contributed by atoms with Crippen molar-refractivity contribution < 1.29 is 4.79 Å². The highest BCUT2D eigenvalue weighted by atomic mass is 32.1. The molecule has 1 aromatic heterocycles. The lowest BCUT2D eigenvalue weighted by molar-refractivity contribution is 0.252. The first-order chi connectivity index (χ1) is 9.45. The number of hydrogen-bond donors (Lipinski definition) is 2. The molecule has 2 aromatic rings. The van der Waals surface area contributed by atoms with Gasteiger partial charge in [0.2, 0.25) is 0 Å². The Hall–Kier alpha value is -1.88. The number of nitrogens with zero attached hydrogens (tertiary/aromatic N) is 1. The molecule has 0 spiro atoms. The van der Waals surface area contributed by atoms with Crippen molar-refractivity contribution in [3.63, 3.8) is 0 Å². The standard InChI is InChI=1S/C15H19N3OS/c1-9-5-6-13(7-10(9)2)18-15(19)16-8-14-11(3)17-12(4)20-14/h5-7H,8H2,1-4H3,(H2,16,18,19). The highest BCUT2D eigenvalue weighted by Gasteiger charge is 2.07. The van der Waals surface area contributed by atoms with Gasteiger partial charge in [0, 0.05) is 10.6 Å². The summed E-state index contributed by atoms with van der Waals surface area (Å²) >= 11 is 1.61. The number of aryl methyl sites for hydroxylation is 4. The first-order valence-corrected chi connectivity index (χ1v) is 7.32. The summed E-state index contributed by atoms with van der Waals surface area (Å²) < 4.78 is 0. The minimum absolute atomic E-state index is 0.196. The van der Waals surface area contributed by atoms with Crippen LogP contribution < -0.4 is 10.6 Å². The van der Waals surface area contributed by atoms with Gasteiger partial charge in [0.25, 0.3) is 0 Å². The number of hydrogen-bond acceptors (Lipinski definition) is 3. The van der Waals surface area contributed by atoms with E-state index in [2.05, 4.69) is 15.6 Å². The molecule has 0 saturated heterocycles. The molecule has 0 bridgehead atoms.